The highest BCUT2D eigenvalue weighted by atomic mass is 16.3. The first-order valence-corrected chi connectivity index (χ1v) is 8.63. The van der Waals surface area contributed by atoms with Crippen molar-refractivity contribution in [3.8, 4) is 5.75 Å². The Balaban J connectivity index is 1.47. The average Bonchev–Trinajstić information content (AvgIpc) is 2.61. The van der Waals surface area contributed by atoms with Gasteiger partial charge in [0.15, 0.2) is 0 Å². The lowest BCUT2D eigenvalue weighted by Crippen LogP contribution is -2.48. The number of hydrogen-bond donors (Lipinski definition) is 3. The van der Waals surface area contributed by atoms with Gasteiger partial charge in [-0.15, -0.1) is 0 Å². The molecule has 2 aromatic rings. The third-order valence-corrected chi connectivity index (χ3v) is 5.16. The van der Waals surface area contributed by atoms with Crippen LogP contribution in [0.1, 0.15) is 41.1 Å². The summed E-state index contributed by atoms with van der Waals surface area (Å²) >= 11 is 0. The summed E-state index contributed by atoms with van der Waals surface area (Å²) in [6.07, 6.45) is 3.87. The van der Waals surface area contributed by atoms with E-state index in [0.29, 0.717) is 13.0 Å². The first kappa shape index (κ1) is 15.2. The minimum atomic E-state index is -0.212. The number of hydrogen-bond acceptors (Lipinski definition) is 3. The number of benzene rings is 2. The van der Waals surface area contributed by atoms with Crippen molar-refractivity contribution in [3.63, 3.8) is 0 Å². The Kier molecular flexibility index (Phi) is 3.98. The number of rotatable bonds is 2. The topological polar surface area (TPSA) is 61.4 Å². The largest absolute Gasteiger partial charge is 0.508 e. The number of aryl methyl sites for hydroxylation is 1. The van der Waals surface area contributed by atoms with Gasteiger partial charge in [-0.3, -0.25) is 4.79 Å². The van der Waals surface area contributed by atoms with Crippen LogP contribution in [0.15, 0.2) is 42.5 Å². The molecule has 1 aliphatic carbocycles. The summed E-state index contributed by atoms with van der Waals surface area (Å²) in [5, 5.41) is 16.1. The Morgan fingerprint density at radius 3 is 2.92 bits per heavy atom. The number of aromatic hydroxyl groups is 1. The monoisotopic (exact) mass is 322 g/mol. The Bertz CT molecular complexity index is 772. The first-order chi connectivity index (χ1) is 11.7. The van der Waals surface area contributed by atoms with Gasteiger partial charge in [-0.2, -0.15) is 0 Å². The number of phenols is 1. The lowest BCUT2D eigenvalue weighted by molar-refractivity contribution is -0.124. The molecule has 0 fully saturated rings. The van der Waals surface area contributed by atoms with E-state index in [4.69, 9.17) is 0 Å². The van der Waals surface area contributed by atoms with E-state index in [9.17, 15) is 9.90 Å². The van der Waals surface area contributed by atoms with Crippen LogP contribution < -0.4 is 10.6 Å². The third kappa shape index (κ3) is 2.89. The summed E-state index contributed by atoms with van der Waals surface area (Å²) in [4.78, 5) is 12.7. The van der Waals surface area contributed by atoms with Crippen molar-refractivity contribution in [2.45, 2.75) is 44.3 Å². The maximum Gasteiger partial charge on any atom is 0.237 e. The van der Waals surface area contributed by atoms with E-state index >= 15 is 0 Å². The van der Waals surface area contributed by atoms with Crippen molar-refractivity contribution in [1.29, 1.82) is 0 Å². The summed E-state index contributed by atoms with van der Waals surface area (Å²) < 4.78 is 0. The first-order valence-electron chi connectivity index (χ1n) is 8.63. The highest BCUT2D eigenvalue weighted by molar-refractivity contribution is 5.83. The maximum absolute atomic E-state index is 12.7. The minimum Gasteiger partial charge on any atom is -0.508 e. The maximum atomic E-state index is 12.7. The Morgan fingerprint density at radius 2 is 2.00 bits per heavy atom. The molecule has 1 heterocycles. The van der Waals surface area contributed by atoms with Crippen LogP contribution in [0.3, 0.4) is 0 Å². The van der Waals surface area contributed by atoms with Crippen LogP contribution in [-0.4, -0.2) is 17.1 Å². The second kappa shape index (κ2) is 6.29. The molecule has 4 rings (SSSR count). The fraction of sp³-hybridized carbons (Fsp3) is 0.350. The molecular weight excluding hydrogens is 300 g/mol. The van der Waals surface area contributed by atoms with Crippen molar-refractivity contribution in [2.75, 3.05) is 0 Å². The molecular formula is C20H22N2O2. The number of fused-ring (bicyclic) bond motifs is 2. The number of phenolic OH excluding ortho intramolecular Hbond substituents is 1. The van der Waals surface area contributed by atoms with Crippen LogP contribution in [0.5, 0.6) is 5.75 Å². The quantitative estimate of drug-likeness (QED) is 0.796. The van der Waals surface area contributed by atoms with Crippen LogP contribution in [0, 0.1) is 0 Å². The lowest BCUT2D eigenvalue weighted by atomic mass is 9.87. The van der Waals surface area contributed by atoms with Gasteiger partial charge >= 0.3 is 0 Å². The Morgan fingerprint density at radius 1 is 1.12 bits per heavy atom. The molecule has 0 saturated heterocycles. The molecule has 2 atom stereocenters. The van der Waals surface area contributed by atoms with E-state index in [-0.39, 0.29) is 23.7 Å². The van der Waals surface area contributed by atoms with Gasteiger partial charge in [-0.25, -0.2) is 0 Å². The minimum absolute atomic E-state index is 0.0652. The number of carbonyl (C=O) groups is 1. The van der Waals surface area contributed by atoms with Crippen LogP contribution in [-0.2, 0) is 24.2 Å². The zero-order valence-corrected chi connectivity index (χ0v) is 13.6. The standard InChI is InChI=1S/C20H22N2O2/c23-16-9-8-14-11-19(21-12-15(14)10-16)20(24)22-18-7-3-5-13-4-1-2-6-17(13)18/h1-2,4,6,8-10,18-19,21,23H,3,5,7,11-12H2,(H,22,24)/t18-,19?/m1/s1. The van der Waals surface area contributed by atoms with E-state index in [1.54, 1.807) is 12.1 Å². The second-order valence-electron chi connectivity index (χ2n) is 6.74. The molecule has 2 aromatic carbocycles. The van der Waals surface area contributed by atoms with E-state index in [1.807, 2.05) is 12.1 Å². The van der Waals surface area contributed by atoms with Gasteiger partial charge in [-0.1, -0.05) is 30.3 Å². The zero-order valence-electron chi connectivity index (χ0n) is 13.6. The van der Waals surface area contributed by atoms with E-state index in [0.717, 1.165) is 30.4 Å². The van der Waals surface area contributed by atoms with Gasteiger partial charge in [0.25, 0.3) is 0 Å². The van der Waals surface area contributed by atoms with Crippen molar-refractivity contribution in [3.05, 3.63) is 64.7 Å². The smallest absolute Gasteiger partial charge is 0.237 e. The Hall–Kier alpha value is -2.33. The number of nitrogens with one attached hydrogen (secondary N) is 2. The summed E-state index contributed by atoms with van der Waals surface area (Å²) in [6, 6.07) is 13.7. The van der Waals surface area contributed by atoms with Gasteiger partial charge < -0.3 is 15.7 Å². The molecule has 1 aliphatic heterocycles. The van der Waals surface area contributed by atoms with Gasteiger partial charge in [0.05, 0.1) is 12.1 Å². The van der Waals surface area contributed by atoms with Crippen molar-refractivity contribution >= 4 is 5.91 Å². The normalized spacial score (nSPS) is 22.3. The van der Waals surface area contributed by atoms with Gasteiger partial charge in [0.1, 0.15) is 5.75 Å². The van der Waals surface area contributed by atoms with Crippen molar-refractivity contribution < 1.29 is 9.90 Å². The summed E-state index contributed by atoms with van der Waals surface area (Å²) in [6.45, 7) is 0.614. The van der Waals surface area contributed by atoms with Crippen LogP contribution in [0.25, 0.3) is 0 Å². The van der Waals surface area contributed by atoms with Gasteiger partial charge in [0, 0.05) is 6.54 Å². The predicted molar refractivity (Wildman–Crippen MR) is 92.7 cm³/mol. The number of carbonyl (C=O) groups excluding carboxylic acids is 1. The molecule has 1 amide bonds. The predicted octanol–water partition coefficient (Wildman–Crippen LogP) is 2.60. The molecule has 4 nitrogen and oxygen atoms in total. The SMILES string of the molecule is O=C(N[C@@H]1CCCc2ccccc21)C1Cc2ccc(O)cc2CN1. The van der Waals surface area contributed by atoms with E-state index < -0.39 is 0 Å². The molecule has 0 saturated carbocycles. The highest BCUT2D eigenvalue weighted by Gasteiger charge is 2.28. The van der Waals surface area contributed by atoms with Crippen LogP contribution in [0.2, 0.25) is 0 Å². The van der Waals surface area contributed by atoms with E-state index in [1.165, 1.54) is 11.1 Å². The third-order valence-electron chi connectivity index (χ3n) is 5.16. The van der Waals surface area contributed by atoms with Crippen molar-refractivity contribution in [2.24, 2.45) is 0 Å². The molecule has 3 N–H and O–H groups in total. The summed E-state index contributed by atoms with van der Waals surface area (Å²) in [5.41, 5.74) is 4.82. The summed E-state index contributed by atoms with van der Waals surface area (Å²) in [5.74, 6) is 0.340. The van der Waals surface area contributed by atoms with Gasteiger partial charge in [-0.05, 0) is 60.1 Å². The molecule has 2 aliphatic rings. The second-order valence-corrected chi connectivity index (χ2v) is 6.74. The van der Waals surface area contributed by atoms with Gasteiger partial charge in [0.2, 0.25) is 5.91 Å². The lowest BCUT2D eigenvalue weighted by Gasteiger charge is -2.30. The van der Waals surface area contributed by atoms with Crippen LogP contribution >= 0.6 is 0 Å². The summed E-state index contributed by atoms with van der Waals surface area (Å²) in [7, 11) is 0. The number of amides is 1. The molecule has 1 unspecified atom stereocenters. The molecule has 124 valence electrons. The molecule has 0 bridgehead atoms. The molecule has 0 radical (unpaired) electrons. The zero-order chi connectivity index (χ0) is 16.5. The van der Waals surface area contributed by atoms with E-state index in [2.05, 4.69) is 28.8 Å². The Labute approximate surface area is 141 Å². The highest BCUT2D eigenvalue weighted by Crippen LogP contribution is 2.30. The molecule has 0 spiro atoms. The fourth-order valence-electron chi connectivity index (χ4n) is 3.86. The van der Waals surface area contributed by atoms with Crippen molar-refractivity contribution in [1.82, 2.24) is 10.6 Å². The average molecular weight is 322 g/mol. The van der Waals surface area contributed by atoms with Crippen LogP contribution in [0.4, 0.5) is 0 Å². The molecule has 24 heavy (non-hydrogen) atoms. The molecule has 0 aromatic heterocycles. The fourth-order valence-corrected chi connectivity index (χ4v) is 3.86. The molecule has 4 heteroatoms.